The smallest absolute Gasteiger partial charge is 0.189 e. The fourth-order valence-electron chi connectivity index (χ4n) is 4.64. The Morgan fingerprint density at radius 1 is 0.744 bits per heavy atom. The molecular weight excluding hydrogens is 488 g/mol. The number of allylic oxidation sites excluding steroid dienone is 1. The summed E-state index contributed by atoms with van der Waals surface area (Å²) in [5.74, 6) is 2.46. The standard InChI is InChI=1S/C34H50O5/c1-8-16-26(11-4)37-29-23-25(34(33(24-29)36-7)39-28(13-6)18-10-3)21-22-31(35)30-19-14-15-20-32(30)38-27(12-5)17-9-2/h14-15,19-24,26-28H,8-13,16-18H2,1-7H3. The molecule has 0 amide bonds. The quantitative estimate of drug-likeness (QED) is 0.132. The molecule has 2 aromatic carbocycles. The third kappa shape index (κ3) is 9.94. The zero-order valence-electron chi connectivity index (χ0n) is 25.3. The first kappa shape index (κ1) is 32.3. The molecule has 0 bridgehead atoms. The number of benzene rings is 2. The van der Waals surface area contributed by atoms with E-state index in [1.807, 2.05) is 42.5 Å². The molecule has 0 saturated heterocycles. The molecule has 0 N–H and O–H groups in total. The summed E-state index contributed by atoms with van der Waals surface area (Å²) >= 11 is 0. The van der Waals surface area contributed by atoms with Crippen molar-refractivity contribution in [2.75, 3.05) is 7.11 Å². The second-order valence-corrected chi connectivity index (χ2v) is 10.0. The molecule has 0 spiro atoms. The van der Waals surface area contributed by atoms with Gasteiger partial charge in [-0.05, 0) is 68.9 Å². The Kier molecular flexibility index (Phi) is 14.6. The summed E-state index contributed by atoms with van der Waals surface area (Å²) in [4.78, 5) is 13.4. The molecule has 39 heavy (non-hydrogen) atoms. The number of carbonyl (C=O) groups excluding carboxylic acids is 1. The van der Waals surface area contributed by atoms with Crippen LogP contribution in [0.1, 0.15) is 115 Å². The van der Waals surface area contributed by atoms with Gasteiger partial charge in [-0.1, -0.05) is 72.9 Å². The molecule has 216 valence electrons. The zero-order chi connectivity index (χ0) is 28.6. The molecule has 5 heteroatoms. The van der Waals surface area contributed by atoms with Crippen molar-refractivity contribution in [3.05, 3.63) is 53.6 Å². The number of ketones is 1. The summed E-state index contributed by atoms with van der Waals surface area (Å²) in [7, 11) is 1.64. The van der Waals surface area contributed by atoms with Crippen LogP contribution in [-0.4, -0.2) is 31.2 Å². The van der Waals surface area contributed by atoms with Crippen LogP contribution in [0.5, 0.6) is 23.0 Å². The third-order valence-electron chi connectivity index (χ3n) is 6.92. The van der Waals surface area contributed by atoms with E-state index in [0.717, 1.165) is 63.4 Å². The highest BCUT2D eigenvalue weighted by atomic mass is 16.5. The van der Waals surface area contributed by atoms with Crippen LogP contribution in [0.4, 0.5) is 0 Å². The fraction of sp³-hybridized carbons (Fsp3) is 0.559. The van der Waals surface area contributed by atoms with E-state index in [2.05, 4.69) is 41.5 Å². The lowest BCUT2D eigenvalue weighted by atomic mass is 10.1. The number of hydrogen-bond donors (Lipinski definition) is 0. The van der Waals surface area contributed by atoms with Crippen LogP contribution in [0.25, 0.3) is 6.08 Å². The minimum Gasteiger partial charge on any atom is -0.493 e. The first-order valence-electron chi connectivity index (χ1n) is 15.0. The third-order valence-corrected chi connectivity index (χ3v) is 6.92. The van der Waals surface area contributed by atoms with Gasteiger partial charge in [0.2, 0.25) is 0 Å². The van der Waals surface area contributed by atoms with Crippen molar-refractivity contribution in [3.8, 4) is 23.0 Å². The predicted molar refractivity (Wildman–Crippen MR) is 162 cm³/mol. The molecule has 0 aliphatic carbocycles. The molecule has 3 atom stereocenters. The first-order chi connectivity index (χ1) is 18.9. The Balaban J connectivity index is 2.48. The maximum Gasteiger partial charge on any atom is 0.189 e. The maximum atomic E-state index is 13.4. The van der Waals surface area contributed by atoms with Crippen LogP contribution in [0, 0.1) is 0 Å². The van der Waals surface area contributed by atoms with Gasteiger partial charge in [0.25, 0.3) is 0 Å². The van der Waals surface area contributed by atoms with Gasteiger partial charge < -0.3 is 18.9 Å². The summed E-state index contributed by atoms with van der Waals surface area (Å²) in [6.45, 7) is 12.8. The van der Waals surface area contributed by atoms with Crippen LogP contribution < -0.4 is 18.9 Å². The first-order valence-corrected chi connectivity index (χ1v) is 15.0. The lowest BCUT2D eigenvalue weighted by Gasteiger charge is -2.23. The van der Waals surface area contributed by atoms with E-state index in [1.165, 1.54) is 0 Å². The molecule has 0 aliphatic rings. The van der Waals surface area contributed by atoms with E-state index in [4.69, 9.17) is 18.9 Å². The van der Waals surface area contributed by atoms with Crippen molar-refractivity contribution >= 4 is 11.9 Å². The van der Waals surface area contributed by atoms with Crippen molar-refractivity contribution in [1.29, 1.82) is 0 Å². The van der Waals surface area contributed by atoms with Gasteiger partial charge >= 0.3 is 0 Å². The number of carbonyl (C=O) groups is 1. The summed E-state index contributed by atoms with van der Waals surface area (Å²) in [6, 6.07) is 11.3. The zero-order valence-corrected chi connectivity index (χ0v) is 25.3. The van der Waals surface area contributed by atoms with Crippen LogP contribution in [0.3, 0.4) is 0 Å². The largest absolute Gasteiger partial charge is 0.493 e. The SMILES string of the molecule is CCCC(CC)Oc1cc(C=CC(=O)c2ccccc2OC(CC)CCC)c(OC(CC)CCC)c(OC)c1. The van der Waals surface area contributed by atoms with Gasteiger partial charge in [-0.3, -0.25) is 4.79 Å². The van der Waals surface area contributed by atoms with Crippen molar-refractivity contribution in [2.24, 2.45) is 0 Å². The van der Waals surface area contributed by atoms with E-state index < -0.39 is 0 Å². The molecule has 0 heterocycles. The van der Waals surface area contributed by atoms with Gasteiger partial charge in [0.05, 0.1) is 31.0 Å². The van der Waals surface area contributed by atoms with E-state index >= 15 is 0 Å². The average molecular weight is 539 g/mol. The minimum atomic E-state index is -0.119. The van der Waals surface area contributed by atoms with Crippen molar-refractivity contribution in [3.63, 3.8) is 0 Å². The lowest BCUT2D eigenvalue weighted by Crippen LogP contribution is -2.17. The number of rotatable bonds is 19. The van der Waals surface area contributed by atoms with Crippen LogP contribution in [-0.2, 0) is 0 Å². The van der Waals surface area contributed by atoms with Crippen LogP contribution in [0.2, 0.25) is 0 Å². The van der Waals surface area contributed by atoms with Gasteiger partial charge in [-0.15, -0.1) is 0 Å². The van der Waals surface area contributed by atoms with E-state index in [9.17, 15) is 4.79 Å². The summed E-state index contributed by atoms with van der Waals surface area (Å²) in [6.07, 6.45) is 12.3. The minimum absolute atomic E-state index is 0.0562. The predicted octanol–water partition coefficient (Wildman–Crippen LogP) is 9.46. The average Bonchev–Trinajstić information content (AvgIpc) is 2.95. The number of ether oxygens (including phenoxy) is 4. The van der Waals surface area contributed by atoms with E-state index in [-0.39, 0.29) is 24.1 Å². The van der Waals surface area contributed by atoms with Gasteiger partial charge in [-0.25, -0.2) is 0 Å². The molecule has 3 unspecified atom stereocenters. The Morgan fingerprint density at radius 3 is 1.87 bits per heavy atom. The second-order valence-electron chi connectivity index (χ2n) is 10.0. The monoisotopic (exact) mass is 538 g/mol. The van der Waals surface area contributed by atoms with Crippen molar-refractivity contribution < 1.29 is 23.7 Å². The summed E-state index contributed by atoms with van der Waals surface area (Å²) in [5.41, 5.74) is 1.31. The molecule has 0 radical (unpaired) electrons. The summed E-state index contributed by atoms with van der Waals surface area (Å²) in [5, 5.41) is 0. The normalized spacial score (nSPS) is 13.6. The molecule has 0 fully saturated rings. The van der Waals surface area contributed by atoms with Crippen molar-refractivity contribution in [1.82, 2.24) is 0 Å². The highest BCUT2D eigenvalue weighted by molar-refractivity contribution is 6.08. The van der Waals surface area contributed by atoms with E-state index in [0.29, 0.717) is 28.6 Å². The van der Waals surface area contributed by atoms with Gasteiger partial charge in [-0.2, -0.15) is 0 Å². The second kappa shape index (κ2) is 17.6. The van der Waals surface area contributed by atoms with E-state index in [1.54, 1.807) is 13.2 Å². The highest BCUT2D eigenvalue weighted by Crippen LogP contribution is 2.39. The number of hydrogen-bond acceptors (Lipinski definition) is 5. The van der Waals surface area contributed by atoms with Gasteiger partial charge in [0.1, 0.15) is 11.5 Å². The molecule has 0 aliphatic heterocycles. The van der Waals surface area contributed by atoms with Crippen molar-refractivity contribution in [2.45, 2.75) is 118 Å². The Bertz CT molecular complexity index is 1030. The number of methoxy groups -OCH3 is 1. The summed E-state index contributed by atoms with van der Waals surface area (Å²) < 4.78 is 24.8. The number of para-hydroxylation sites is 1. The molecular formula is C34H50O5. The Hall–Kier alpha value is -2.95. The molecule has 0 saturated carbocycles. The highest BCUT2D eigenvalue weighted by Gasteiger charge is 2.19. The lowest BCUT2D eigenvalue weighted by molar-refractivity contribution is 0.103. The Labute approximate surface area is 236 Å². The molecule has 2 aromatic rings. The van der Waals surface area contributed by atoms with Gasteiger partial charge in [0, 0.05) is 11.6 Å². The molecule has 2 rings (SSSR count). The maximum absolute atomic E-state index is 13.4. The fourth-order valence-corrected chi connectivity index (χ4v) is 4.64. The van der Waals surface area contributed by atoms with Crippen LogP contribution >= 0.6 is 0 Å². The van der Waals surface area contributed by atoms with Crippen LogP contribution in [0.15, 0.2) is 42.5 Å². The molecule has 0 aromatic heterocycles. The van der Waals surface area contributed by atoms with Gasteiger partial charge in [0.15, 0.2) is 17.3 Å². The topological polar surface area (TPSA) is 54.0 Å². The molecule has 5 nitrogen and oxygen atoms in total. The Morgan fingerprint density at radius 2 is 1.31 bits per heavy atom.